The lowest BCUT2D eigenvalue weighted by Crippen LogP contribution is -2.45. The van der Waals surface area contributed by atoms with Crippen molar-refractivity contribution in [3.63, 3.8) is 0 Å². The number of likely N-dealkylation sites (N-methyl/N-ethyl adjacent to an activating group) is 1. The molecular formula is C23H35N3O. The monoisotopic (exact) mass is 369 g/mol. The molecule has 0 spiro atoms. The molecule has 4 heteroatoms. The smallest absolute Gasteiger partial charge is 0.226 e. The van der Waals surface area contributed by atoms with Crippen LogP contribution in [0.1, 0.15) is 62.5 Å². The SMILES string of the molecule is Cc1cccc2c1NCCC1CCC(CN(C(=O)C3CCCCC3)C2)N1C. The van der Waals surface area contributed by atoms with Crippen molar-refractivity contribution in [2.75, 3.05) is 25.5 Å². The maximum absolute atomic E-state index is 13.5. The van der Waals surface area contributed by atoms with Crippen molar-refractivity contribution in [1.29, 1.82) is 0 Å². The number of aryl methyl sites for hydroxylation is 1. The third-order valence-corrected chi connectivity index (χ3v) is 7.18. The first-order valence-corrected chi connectivity index (χ1v) is 11.0. The summed E-state index contributed by atoms with van der Waals surface area (Å²) in [4.78, 5) is 18.2. The van der Waals surface area contributed by atoms with Crippen LogP contribution in [-0.4, -0.2) is 47.9 Å². The molecule has 27 heavy (non-hydrogen) atoms. The van der Waals surface area contributed by atoms with Crippen molar-refractivity contribution in [2.24, 2.45) is 5.92 Å². The van der Waals surface area contributed by atoms with Crippen LogP contribution in [0.4, 0.5) is 5.69 Å². The Balaban J connectivity index is 1.63. The van der Waals surface area contributed by atoms with Crippen molar-refractivity contribution < 1.29 is 4.79 Å². The summed E-state index contributed by atoms with van der Waals surface area (Å²) in [6.07, 6.45) is 9.54. The van der Waals surface area contributed by atoms with Gasteiger partial charge in [-0.1, -0.05) is 37.5 Å². The van der Waals surface area contributed by atoms with E-state index in [2.05, 4.69) is 47.3 Å². The van der Waals surface area contributed by atoms with E-state index in [1.54, 1.807) is 0 Å². The number of carbonyl (C=O) groups is 1. The van der Waals surface area contributed by atoms with Crippen LogP contribution in [0.25, 0.3) is 0 Å². The topological polar surface area (TPSA) is 35.6 Å². The fraction of sp³-hybridized carbons (Fsp3) is 0.696. The fourth-order valence-corrected chi connectivity index (χ4v) is 5.44. The second kappa shape index (κ2) is 8.22. The number of amides is 1. The Morgan fingerprint density at radius 3 is 2.63 bits per heavy atom. The van der Waals surface area contributed by atoms with Gasteiger partial charge in [0, 0.05) is 43.3 Å². The molecule has 2 fully saturated rings. The number of nitrogens with one attached hydrogen (secondary N) is 1. The number of benzene rings is 1. The largest absolute Gasteiger partial charge is 0.384 e. The van der Waals surface area contributed by atoms with E-state index in [0.717, 1.165) is 32.5 Å². The summed E-state index contributed by atoms with van der Waals surface area (Å²) in [6.45, 7) is 4.82. The summed E-state index contributed by atoms with van der Waals surface area (Å²) in [5, 5.41) is 3.71. The molecule has 2 bridgehead atoms. The number of hydrogen-bond acceptors (Lipinski definition) is 3. The van der Waals surface area contributed by atoms with Crippen LogP contribution in [-0.2, 0) is 11.3 Å². The molecule has 1 aromatic rings. The summed E-state index contributed by atoms with van der Waals surface area (Å²) in [7, 11) is 2.27. The predicted molar refractivity (Wildman–Crippen MR) is 111 cm³/mol. The summed E-state index contributed by atoms with van der Waals surface area (Å²) in [5.41, 5.74) is 3.81. The van der Waals surface area contributed by atoms with E-state index in [1.807, 2.05) is 0 Å². The zero-order chi connectivity index (χ0) is 18.8. The Kier molecular flexibility index (Phi) is 5.72. The number of anilines is 1. The third kappa shape index (κ3) is 4.01. The molecule has 1 N–H and O–H groups in total. The molecule has 4 nitrogen and oxygen atoms in total. The molecule has 148 valence electrons. The molecule has 1 aromatic carbocycles. The summed E-state index contributed by atoms with van der Waals surface area (Å²) in [6, 6.07) is 7.67. The van der Waals surface area contributed by atoms with Gasteiger partial charge in [0.05, 0.1) is 0 Å². The zero-order valence-corrected chi connectivity index (χ0v) is 17.0. The van der Waals surface area contributed by atoms with Gasteiger partial charge in [-0.2, -0.15) is 0 Å². The van der Waals surface area contributed by atoms with Crippen molar-refractivity contribution >= 4 is 11.6 Å². The van der Waals surface area contributed by atoms with Crippen LogP contribution in [0.5, 0.6) is 0 Å². The summed E-state index contributed by atoms with van der Waals surface area (Å²) >= 11 is 0. The molecule has 2 atom stereocenters. The average molecular weight is 370 g/mol. The van der Waals surface area contributed by atoms with Gasteiger partial charge in [-0.3, -0.25) is 9.69 Å². The van der Waals surface area contributed by atoms with Crippen molar-refractivity contribution in [1.82, 2.24) is 9.80 Å². The van der Waals surface area contributed by atoms with E-state index in [-0.39, 0.29) is 5.92 Å². The molecule has 1 saturated carbocycles. The first kappa shape index (κ1) is 18.8. The quantitative estimate of drug-likeness (QED) is 0.806. The van der Waals surface area contributed by atoms with Crippen LogP contribution >= 0.6 is 0 Å². The van der Waals surface area contributed by atoms with Crippen LogP contribution in [0.2, 0.25) is 0 Å². The molecule has 0 aromatic heterocycles. The highest BCUT2D eigenvalue weighted by molar-refractivity contribution is 5.79. The molecule has 4 rings (SSSR count). The molecule has 2 aliphatic heterocycles. The minimum Gasteiger partial charge on any atom is -0.384 e. The molecule has 0 radical (unpaired) electrons. The van der Waals surface area contributed by atoms with Crippen LogP contribution in [0.3, 0.4) is 0 Å². The number of fused-ring (bicyclic) bond motifs is 3. The van der Waals surface area contributed by atoms with E-state index in [0.29, 0.717) is 18.0 Å². The van der Waals surface area contributed by atoms with Gasteiger partial charge in [0.25, 0.3) is 0 Å². The Hall–Kier alpha value is -1.55. The van der Waals surface area contributed by atoms with Crippen molar-refractivity contribution in [3.05, 3.63) is 29.3 Å². The minimum absolute atomic E-state index is 0.243. The molecule has 1 aliphatic carbocycles. The van der Waals surface area contributed by atoms with Gasteiger partial charge in [0.15, 0.2) is 0 Å². The molecule has 2 unspecified atom stereocenters. The normalized spacial score (nSPS) is 27.6. The lowest BCUT2D eigenvalue weighted by atomic mass is 9.88. The van der Waals surface area contributed by atoms with Gasteiger partial charge in [-0.05, 0) is 57.2 Å². The van der Waals surface area contributed by atoms with Gasteiger partial charge in [-0.15, -0.1) is 0 Å². The van der Waals surface area contributed by atoms with E-state index >= 15 is 0 Å². The van der Waals surface area contributed by atoms with Gasteiger partial charge in [-0.25, -0.2) is 0 Å². The molecule has 3 aliphatic rings. The molecule has 1 saturated heterocycles. The first-order chi connectivity index (χ1) is 13.1. The van der Waals surface area contributed by atoms with Crippen LogP contribution < -0.4 is 5.32 Å². The average Bonchev–Trinajstić information content (AvgIpc) is 3.01. The highest BCUT2D eigenvalue weighted by Crippen LogP contribution is 2.31. The van der Waals surface area contributed by atoms with Gasteiger partial charge < -0.3 is 10.2 Å². The highest BCUT2D eigenvalue weighted by atomic mass is 16.2. The molecule has 1 amide bonds. The van der Waals surface area contributed by atoms with Crippen molar-refractivity contribution in [2.45, 2.75) is 76.9 Å². The first-order valence-electron chi connectivity index (χ1n) is 11.0. The second-order valence-corrected chi connectivity index (χ2v) is 8.93. The Labute approximate surface area is 164 Å². The maximum Gasteiger partial charge on any atom is 0.226 e. The highest BCUT2D eigenvalue weighted by Gasteiger charge is 2.35. The fourth-order valence-electron chi connectivity index (χ4n) is 5.44. The van der Waals surface area contributed by atoms with Gasteiger partial charge in [0.1, 0.15) is 0 Å². The Morgan fingerprint density at radius 2 is 1.81 bits per heavy atom. The molecular weight excluding hydrogens is 334 g/mol. The number of rotatable bonds is 1. The summed E-state index contributed by atoms with van der Waals surface area (Å²) < 4.78 is 0. The van der Waals surface area contributed by atoms with E-state index in [1.165, 1.54) is 55.3 Å². The van der Waals surface area contributed by atoms with E-state index in [4.69, 9.17) is 0 Å². The van der Waals surface area contributed by atoms with E-state index in [9.17, 15) is 4.79 Å². The number of carbonyl (C=O) groups excluding carboxylic acids is 1. The maximum atomic E-state index is 13.5. The third-order valence-electron chi connectivity index (χ3n) is 7.18. The minimum atomic E-state index is 0.243. The second-order valence-electron chi connectivity index (χ2n) is 8.93. The van der Waals surface area contributed by atoms with Crippen LogP contribution in [0.15, 0.2) is 18.2 Å². The summed E-state index contributed by atoms with van der Waals surface area (Å²) in [5.74, 6) is 0.644. The lowest BCUT2D eigenvalue weighted by molar-refractivity contribution is -0.138. The van der Waals surface area contributed by atoms with Crippen LogP contribution in [0, 0.1) is 12.8 Å². The van der Waals surface area contributed by atoms with Gasteiger partial charge >= 0.3 is 0 Å². The Bertz CT molecular complexity index is 668. The van der Waals surface area contributed by atoms with E-state index < -0.39 is 0 Å². The zero-order valence-electron chi connectivity index (χ0n) is 17.0. The standard InChI is InChI=1S/C23H35N3O/c1-17-7-6-10-19-15-26(23(27)18-8-4-3-5-9-18)16-21-12-11-20(25(21)2)13-14-24-22(17)19/h6-7,10,18,20-21,24H,3-5,8-9,11-16H2,1-2H3. The Morgan fingerprint density at radius 1 is 1.04 bits per heavy atom. The number of para-hydroxylation sites is 1. The van der Waals surface area contributed by atoms with Crippen molar-refractivity contribution in [3.8, 4) is 0 Å². The number of hydrogen-bond donors (Lipinski definition) is 1. The molecule has 2 heterocycles. The van der Waals surface area contributed by atoms with Gasteiger partial charge in [0.2, 0.25) is 5.91 Å². The number of nitrogens with zero attached hydrogens (tertiary/aromatic N) is 2. The lowest BCUT2D eigenvalue weighted by Gasteiger charge is -2.34. The predicted octanol–water partition coefficient (Wildman–Crippen LogP) is 4.18.